The van der Waals surface area contributed by atoms with Gasteiger partial charge in [-0.15, -0.1) is 0 Å². The molecule has 0 spiro atoms. The van der Waals surface area contributed by atoms with Crippen LogP contribution >= 0.6 is 0 Å². The highest BCUT2D eigenvalue weighted by atomic mass is 16.5. The summed E-state index contributed by atoms with van der Waals surface area (Å²) in [6.45, 7) is 0.907. The molecule has 1 aliphatic heterocycles. The van der Waals surface area contributed by atoms with Crippen LogP contribution in [0.25, 0.3) is 0 Å². The van der Waals surface area contributed by atoms with Crippen LogP contribution in [0.5, 0.6) is 5.75 Å². The van der Waals surface area contributed by atoms with Gasteiger partial charge in [-0.25, -0.2) is 0 Å². The fourth-order valence-corrected chi connectivity index (χ4v) is 2.92. The Bertz CT molecular complexity index is 347. The van der Waals surface area contributed by atoms with Crippen molar-refractivity contribution in [3.05, 3.63) is 29.8 Å². The summed E-state index contributed by atoms with van der Waals surface area (Å²) in [5.74, 6) is 0.934. The Kier molecular flexibility index (Phi) is 1.99. The molecule has 1 saturated carbocycles. The van der Waals surface area contributed by atoms with E-state index in [1.54, 1.807) is 7.11 Å². The lowest BCUT2D eigenvalue weighted by Gasteiger charge is -2.26. The number of rotatable bonds is 2. The first-order chi connectivity index (χ1) is 7.32. The SMILES string of the molecule is COc1ccc(C23CCC(C2)OC3)cc1. The summed E-state index contributed by atoms with van der Waals surface area (Å²) in [5.41, 5.74) is 1.74. The highest BCUT2D eigenvalue weighted by molar-refractivity contribution is 5.34. The van der Waals surface area contributed by atoms with Crippen LogP contribution in [0.15, 0.2) is 24.3 Å². The summed E-state index contributed by atoms with van der Waals surface area (Å²) in [6, 6.07) is 8.48. The zero-order valence-electron chi connectivity index (χ0n) is 9.03. The van der Waals surface area contributed by atoms with Gasteiger partial charge in [0, 0.05) is 5.41 Å². The van der Waals surface area contributed by atoms with Crippen LogP contribution in [0.1, 0.15) is 24.8 Å². The van der Waals surface area contributed by atoms with E-state index in [-0.39, 0.29) is 0 Å². The van der Waals surface area contributed by atoms with Gasteiger partial charge in [-0.2, -0.15) is 0 Å². The maximum Gasteiger partial charge on any atom is 0.118 e. The van der Waals surface area contributed by atoms with E-state index in [9.17, 15) is 0 Å². The summed E-state index contributed by atoms with van der Waals surface area (Å²) in [4.78, 5) is 0. The molecule has 1 aromatic rings. The van der Waals surface area contributed by atoms with E-state index in [2.05, 4.69) is 24.3 Å². The van der Waals surface area contributed by atoms with Crippen LogP contribution in [0.4, 0.5) is 0 Å². The molecule has 2 aliphatic rings. The largest absolute Gasteiger partial charge is 0.497 e. The molecule has 2 heteroatoms. The summed E-state index contributed by atoms with van der Waals surface area (Å²) in [6.07, 6.45) is 4.24. The number of fused-ring (bicyclic) bond motifs is 2. The number of benzene rings is 1. The predicted molar refractivity (Wildman–Crippen MR) is 58.3 cm³/mol. The summed E-state index contributed by atoms with van der Waals surface area (Å²) in [7, 11) is 1.71. The van der Waals surface area contributed by atoms with Gasteiger partial charge in [-0.3, -0.25) is 0 Å². The molecule has 1 saturated heterocycles. The van der Waals surface area contributed by atoms with Crippen molar-refractivity contribution >= 4 is 0 Å². The highest BCUT2D eigenvalue weighted by Gasteiger charge is 2.47. The molecule has 2 bridgehead atoms. The zero-order chi connectivity index (χ0) is 10.3. The van der Waals surface area contributed by atoms with Crippen molar-refractivity contribution in [1.29, 1.82) is 0 Å². The van der Waals surface area contributed by atoms with Gasteiger partial charge in [-0.05, 0) is 37.0 Å². The average molecular weight is 204 g/mol. The van der Waals surface area contributed by atoms with E-state index in [1.165, 1.54) is 24.8 Å². The van der Waals surface area contributed by atoms with Gasteiger partial charge in [0.1, 0.15) is 5.75 Å². The molecule has 80 valence electrons. The molecule has 2 nitrogen and oxygen atoms in total. The first-order valence-corrected chi connectivity index (χ1v) is 5.59. The lowest BCUT2D eigenvalue weighted by atomic mass is 9.80. The third-order valence-electron chi connectivity index (χ3n) is 3.86. The van der Waals surface area contributed by atoms with Gasteiger partial charge in [0.25, 0.3) is 0 Å². The Morgan fingerprint density at radius 3 is 2.60 bits per heavy atom. The highest BCUT2D eigenvalue weighted by Crippen LogP contribution is 2.48. The molecule has 0 amide bonds. The Balaban J connectivity index is 1.92. The number of hydrogen-bond donors (Lipinski definition) is 0. The molecule has 1 aliphatic carbocycles. The van der Waals surface area contributed by atoms with Crippen LogP contribution in [0.3, 0.4) is 0 Å². The van der Waals surface area contributed by atoms with Crippen LogP contribution < -0.4 is 4.74 Å². The first-order valence-electron chi connectivity index (χ1n) is 5.59. The molecule has 15 heavy (non-hydrogen) atoms. The smallest absolute Gasteiger partial charge is 0.118 e. The molecule has 3 rings (SSSR count). The first kappa shape index (κ1) is 9.22. The number of methoxy groups -OCH3 is 1. The Hall–Kier alpha value is -1.02. The molecule has 1 heterocycles. The summed E-state index contributed by atoms with van der Waals surface area (Å²) < 4.78 is 10.9. The van der Waals surface area contributed by atoms with E-state index in [4.69, 9.17) is 9.47 Å². The predicted octanol–water partition coefficient (Wildman–Crippen LogP) is 2.52. The Labute approximate surface area is 90.2 Å². The standard InChI is InChI=1S/C13H16O2/c1-14-11-4-2-10(3-5-11)13-7-6-12(8-13)15-9-13/h2-5,12H,6-9H2,1H3. The Morgan fingerprint density at radius 2 is 2.13 bits per heavy atom. The zero-order valence-corrected chi connectivity index (χ0v) is 9.03. The molecular weight excluding hydrogens is 188 g/mol. The second-order valence-electron chi connectivity index (χ2n) is 4.68. The minimum atomic E-state index is 0.316. The fourth-order valence-electron chi connectivity index (χ4n) is 2.92. The lowest BCUT2D eigenvalue weighted by Crippen LogP contribution is -2.25. The third kappa shape index (κ3) is 1.36. The van der Waals surface area contributed by atoms with Gasteiger partial charge in [-0.1, -0.05) is 12.1 Å². The van der Waals surface area contributed by atoms with E-state index in [0.29, 0.717) is 11.5 Å². The fraction of sp³-hybridized carbons (Fsp3) is 0.538. The molecule has 2 unspecified atom stereocenters. The second-order valence-corrected chi connectivity index (χ2v) is 4.68. The topological polar surface area (TPSA) is 18.5 Å². The second kappa shape index (κ2) is 3.24. The molecule has 0 radical (unpaired) electrons. The quantitative estimate of drug-likeness (QED) is 0.737. The van der Waals surface area contributed by atoms with E-state index in [0.717, 1.165) is 12.4 Å². The Morgan fingerprint density at radius 1 is 1.33 bits per heavy atom. The molecule has 2 fully saturated rings. The molecule has 0 aromatic heterocycles. The average Bonchev–Trinajstić information content (AvgIpc) is 2.90. The van der Waals surface area contributed by atoms with Crippen molar-refractivity contribution in [3.63, 3.8) is 0 Å². The van der Waals surface area contributed by atoms with E-state index < -0.39 is 0 Å². The molecular formula is C13H16O2. The minimum absolute atomic E-state index is 0.316. The van der Waals surface area contributed by atoms with Crippen LogP contribution in [-0.2, 0) is 10.2 Å². The molecule has 0 N–H and O–H groups in total. The van der Waals surface area contributed by atoms with Gasteiger partial charge >= 0.3 is 0 Å². The molecule has 1 aromatic carbocycles. The van der Waals surface area contributed by atoms with E-state index >= 15 is 0 Å². The maximum atomic E-state index is 5.73. The normalized spacial score (nSPS) is 33.3. The third-order valence-corrected chi connectivity index (χ3v) is 3.86. The van der Waals surface area contributed by atoms with Crippen molar-refractivity contribution in [3.8, 4) is 5.75 Å². The van der Waals surface area contributed by atoms with Crippen molar-refractivity contribution in [1.82, 2.24) is 0 Å². The van der Waals surface area contributed by atoms with Gasteiger partial charge in [0.15, 0.2) is 0 Å². The lowest BCUT2D eigenvalue weighted by molar-refractivity contribution is 0.0698. The van der Waals surface area contributed by atoms with Crippen molar-refractivity contribution in [2.75, 3.05) is 13.7 Å². The summed E-state index contributed by atoms with van der Waals surface area (Å²) in [5, 5.41) is 0. The van der Waals surface area contributed by atoms with Gasteiger partial charge < -0.3 is 9.47 Å². The summed E-state index contributed by atoms with van der Waals surface area (Å²) >= 11 is 0. The maximum absolute atomic E-state index is 5.73. The van der Waals surface area contributed by atoms with Crippen molar-refractivity contribution in [2.24, 2.45) is 0 Å². The minimum Gasteiger partial charge on any atom is -0.497 e. The van der Waals surface area contributed by atoms with Gasteiger partial charge in [0.2, 0.25) is 0 Å². The molecule has 2 atom stereocenters. The monoisotopic (exact) mass is 204 g/mol. The number of ether oxygens (including phenoxy) is 2. The number of hydrogen-bond acceptors (Lipinski definition) is 2. The van der Waals surface area contributed by atoms with Crippen LogP contribution in [-0.4, -0.2) is 19.8 Å². The van der Waals surface area contributed by atoms with Crippen molar-refractivity contribution < 1.29 is 9.47 Å². The van der Waals surface area contributed by atoms with Crippen LogP contribution in [0, 0.1) is 0 Å². The van der Waals surface area contributed by atoms with Crippen molar-refractivity contribution in [2.45, 2.75) is 30.8 Å². The van der Waals surface area contributed by atoms with Crippen LogP contribution in [0.2, 0.25) is 0 Å². The van der Waals surface area contributed by atoms with Gasteiger partial charge in [0.05, 0.1) is 19.8 Å². The van der Waals surface area contributed by atoms with E-state index in [1.807, 2.05) is 0 Å².